The molecule has 0 radical (unpaired) electrons. The van der Waals surface area contributed by atoms with Crippen molar-refractivity contribution in [1.29, 1.82) is 0 Å². The highest BCUT2D eigenvalue weighted by molar-refractivity contribution is 6.22. The average Bonchev–Trinajstić information content (AvgIpc) is 2.75. The van der Waals surface area contributed by atoms with Crippen LogP contribution in [0, 0.1) is 13.8 Å². The lowest BCUT2D eigenvalue weighted by molar-refractivity contribution is 0.254. The maximum absolute atomic E-state index is 6.67. The fourth-order valence-electron chi connectivity index (χ4n) is 2.95. The summed E-state index contributed by atoms with van der Waals surface area (Å²) in [6.45, 7) is 6.32. The third-order valence-corrected chi connectivity index (χ3v) is 4.25. The van der Waals surface area contributed by atoms with Gasteiger partial charge in [-0.3, -0.25) is 0 Å². The summed E-state index contributed by atoms with van der Waals surface area (Å²) in [7, 11) is 0. The molecule has 2 aromatic rings. The molecule has 2 heteroatoms. The Balaban J connectivity index is 1.95. The highest BCUT2D eigenvalue weighted by atomic mass is 35.5. The van der Waals surface area contributed by atoms with Crippen LogP contribution in [0.2, 0.25) is 0 Å². The van der Waals surface area contributed by atoms with E-state index in [1.165, 1.54) is 16.7 Å². The van der Waals surface area contributed by atoms with Crippen molar-refractivity contribution < 1.29 is 4.74 Å². The molecule has 1 nitrogen and oxygen atoms in total. The van der Waals surface area contributed by atoms with E-state index in [9.17, 15) is 0 Å². The van der Waals surface area contributed by atoms with Gasteiger partial charge in [0.05, 0.1) is 5.38 Å². The summed E-state index contributed by atoms with van der Waals surface area (Å²) in [5.41, 5.74) is 6.08. The number of benzene rings is 2. The van der Waals surface area contributed by atoms with Crippen molar-refractivity contribution in [1.82, 2.24) is 0 Å². The smallest absolute Gasteiger partial charge is 0.123 e. The normalized spacial score (nSPS) is 18.5. The van der Waals surface area contributed by atoms with Gasteiger partial charge in [-0.25, -0.2) is 0 Å². The van der Waals surface area contributed by atoms with Gasteiger partial charge in [-0.2, -0.15) is 0 Å². The molecular formula is C18H19ClO. The molecule has 0 saturated carbocycles. The Morgan fingerprint density at radius 2 is 1.75 bits per heavy atom. The standard InChI is InChI=1S/C18H19ClO/c1-11-6-12(2)8-16(7-11)18(19)14-4-5-17-15(10-14)9-13(3)20-17/h4-8,10,13,18H,9H2,1-3H3. The minimum absolute atomic E-state index is 0.102. The van der Waals surface area contributed by atoms with Gasteiger partial charge in [-0.05, 0) is 43.5 Å². The van der Waals surface area contributed by atoms with E-state index in [1.54, 1.807) is 0 Å². The largest absolute Gasteiger partial charge is 0.490 e. The Hall–Kier alpha value is -1.47. The lowest BCUT2D eigenvalue weighted by Gasteiger charge is -2.13. The molecule has 1 heterocycles. The maximum atomic E-state index is 6.67. The van der Waals surface area contributed by atoms with Crippen LogP contribution in [0.4, 0.5) is 0 Å². The second kappa shape index (κ2) is 5.14. The minimum Gasteiger partial charge on any atom is -0.490 e. The molecule has 0 amide bonds. The van der Waals surface area contributed by atoms with Gasteiger partial charge >= 0.3 is 0 Å². The highest BCUT2D eigenvalue weighted by Gasteiger charge is 2.21. The Kier molecular flexibility index (Phi) is 3.47. The van der Waals surface area contributed by atoms with Crippen LogP contribution < -0.4 is 4.74 Å². The molecule has 1 aliphatic heterocycles. The summed E-state index contributed by atoms with van der Waals surface area (Å²) in [6.07, 6.45) is 1.25. The number of ether oxygens (including phenoxy) is 1. The molecule has 0 aliphatic carbocycles. The SMILES string of the molecule is Cc1cc(C)cc(C(Cl)c2ccc3c(c2)CC(C)O3)c1. The fourth-order valence-corrected chi connectivity index (χ4v) is 3.21. The molecular weight excluding hydrogens is 268 g/mol. The van der Waals surface area contributed by atoms with E-state index in [-0.39, 0.29) is 11.5 Å². The zero-order valence-corrected chi connectivity index (χ0v) is 12.9. The molecule has 20 heavy (non-hydrogen) atoms. The van der Waals surface area contributed by atoms with E-state index >= 15 is 0 Å². The highest BCUT2D eigenvalue weighted by Crippen LogP contribution is 2.35. The quantitative estimate of drug-likeness (QED) is 0.709. The average molecular weight is 287 g/mol. The number of halogens is 1. The van der Waals surface area contributed by atoms with Gasteiger partial charge in [0.2, 0.25) is 0 Å². The van der Waals surface area contributed by atoms with Crippen molar-refractivity contribution in [2.24, 2.45) is 0 Å². The minimum atomic E-state index is -0.102. The first-order valence-electron chi connectivity index (χ1n) is 7.04. The van der Waals surface area contributed by atoms with Crippen molar-refractivity contribution >= 4 is 11.6 Å². The Bertz CT molecular complexity index is 628. The number of rotatable bonds is 2. The summed E-state index contributed by atoms with van der Waals surface area (Å²) in [4.78, 5) is 0. The monoisotopic (exact) mass is 286 g/mol. The molecule has 0 spiro atoms. The predicted molar refractivity (Wildman–Crippen MR) is 83.8 cm³/mol. The molecule has 104 valence electrons. The van der Waals surface area contributed by atoms with Crippen LogP contribution in [-0.4, -0.2) is 6.10 Å². The molecule has 2 atom stereocenters. The van der Waals surface area contributed by atoms with E-state index in [2.05, 4.69) is 51.1 Å². The first-order chi connectivity index (χ1) is 9.52. The lowest BCUT2D eigenvalue weighted by atomic mass is 9.98. The summed E-state index contributed by atoms with van der Waals surface area (Å²) in [5, 5.41) is -0.102. The second-order valence-corrected chi connectivity index (χ2v) is 6.22. The fraction of sp³-hybridized carbons (Fsp3) is 0.333. The zero-order chi connectivity index (χ0) is 14.3. The van der Waals surface area contributed by atoms with E-state index in [0.29, 0.717) is 0 Å². The van der Waals surface area contributed by atoms with Gasteiger partial charge in [0.1, 0.15) is 11.9 Å². The van der Waals surface area contributed by atoms with E-state index in [1.807, 2.05) is 6.07 Å². The topological polar surface area (TPSA) is 9.23 Å². The lowest BCUT2D eigenvalue weighted by Crippen LogP contribution is -2.05. The van der Waals surface area contributed by atoms with Crippen LogP contribution in [0.1, 0.15) is 40.1 Å². The van der Waals surface area contributed by atoms with Crippen molar-refractivity contribution in [3.8, 4) is 5.75 Å². The van der Waals surface area contributed by atoms with Crippen LogP contribution in [0.15, 0.2) is 36.4 Å². The van der Waals surface area contributed by atoms with Crippen LogP contribution in [-0.2, 0) is 6.42 Å². The van der Waals surface area contributed by atoms with Crippen molar-refractivity contribution in [3.63, 3.8) is 0 Å². The number of fused-ring (bicyclic) bond motifs is 1. The predicted octanol–water partition coefficient (Wildman–Crippen LogP) is 4.96. The third kappa shape index (κ3) is 2.55. The molecule has 0 aromatic heterocycles. The summed E-state index contributed by atoms with van der Waals surface area (Å²) in [6, 6.07) is 12.8. The van der Waals surface area contributed by atoms with Gasteiger partial charge in [0.15, 0.2) is 0 Å². The number of aryl methyl sites for hydroxylation is 2. The van der Waals surface area contributed by atoms with Gasteiger partial charge < -0.3 is 4.74 Å². The Labute approximate surface area is 125 Å². The summed E-state index contributed by atoms with van der Waals surface area (Å²) >= 11 is 6.67. The van der Waals surface area contributed by atoms with Crippen molar-refractivity contribution in [3.05, 3.63) is 64.2 Å². The van der Waals surface area contributed by atoms with E-state index in [4.69, 9.17) is 16.3 Å². The van der Waals surface area contributed by atoms with Crippen LogP contribution in [0.25, 0.3) is 0 Å². The summed E-state index contributed by atoms with van der Waals surface area (Å²) < 4.78 is 5.74. The van der Waals surface area contributed by atoms with Gasteiger partial charge in [0, 0.05) is 6.42 Å². The molecule has 0 saturated heterocycles. The number of hydrogen-bond donors (Lipinski definition) is 0. The molecule has 0 N–H and O–H groups in total. The second-order valence-electron chi connectivity index (χ2n) is 5.78. The van der Waals surface area contributed by atoms with Gasteiger partial charge in [-0.15, -0.1) is 11.6 Å². The Morgan fingerprint density at radius 3 is 2.45 bits per heavy atom. The molecule has 3 rings (SSSR count). The van der Waals surface area contributed by atoms with Gasteiger partial charge in [0.25, 0.3) is 0 Å². The first-order valence-corrected chi connectivity index (χ1v) is 7.48. The zero-order valence-electron chi connectivity index (χ0n) is 12.1. The summed E-state index contributed by atoms with van der Waals surface area (Å²) in [5.74, 6) is 1.01. The third-order valence-electron chi connectivity index (χ3n) is 3.75. The molecule has 2 aromatic carbocycles. The molecule has 2 unspecified atom stereocenters. The Morgan fingerprint density at radius 1 is 1.05 bits per heavy atom. The van der Waals surface area contributed by atoms with Gasteiger partial charge in [-0.1, -0.05) is 41.5 Å². The number of hydrogen-bond acceptors (Lipinski definition) is 1. The van der Waals surface area contributed by atoms with Crippen molar-refractivity contribution in [2.75, 3.05) is 0 Å². The van der Waals surface area contributed by atoms with Crippen LogP contribution in [0.3, 0.4) is 0 Å². The molecule has 1 aliphatic rings. The maximum Gasteiger partial charge on any atom is 0.123 e. The number of alkyl halides is 1. The molecule has 0 fully saturated rings. The van der Waals surface area contributed by atoms with Crippen LogP contribution >= 0.6 is 11.6 Å². The first kappa shape index (κ1) is 13.5. The van der Waals surface area contributed by atoms with Crippen molar-refractivity contribution in [2.45, 2.75) is 38.7 Å². The van der Waals surface area contributed by atoms with E-state index in [0.717, 1.165) is 23.3 Å². The molecule has 0 bridgehead atoms. The van der Waals surface area contributed by atoms with Crippen LogP contribution in [0.5, 0.6) is 5.75 Å². The van der Waals surface area contributed by atoms with E-state index < -0.39 is 0 Å².